The Morgan fingerprint density at radius 2 is 1.91 bits per heavy atom. The first kappa shape index (κ1) is 17.0. The van der Waals surface area contributed by atoms with Crippen LogP contribution in [0.4, 0.5) is 0 Å². The van der Waals surface area contributed by atoms with Crippen molar-refractivity contribution in [3.63, 3.8) is 0 Å². The molecule has 0 bridgehead atoms. The van der Waals surface area contributed by atoms with E-state index in [1.165, 1.54) is 0 Å². The number of aliphatic hydroxyl groups is 1. The van der Waals surface area contributed by atoms with Gasteiger partial charge in [0, 0.05) is 16.6 Å². The highest BCUT2D eigenvalue weighted by molar-refractivity contribution is 6.30. The molecule has 2 rings (SSSR count). The molecule has 22 heavy (non-hydrogen) atoms. The number of likely N-dealkylation sites (N-methyl/N-ethyl adjacent to an activating group) is 1. The quantitative estimate of drug-likeness (QED) is 0.907. The van der Waals surface area contributed by atoms with Crippen molar-refractivity contribution in [1.29, 1.82) is 0 Å². The molecule has 5 heteroatoms. The van der Waals surface area contributed by atoms with Crippen molar-refractivity contribution in [3.05, 3.63) is 40.9 Å². The highest BCUT2D eigenvalue weighted by Crippen LogP contribution is 2.26. The summed E-state index contributed by atoms with van der Waals surface area (Å²) in [5.41, 5.74) is 1.02. The minimum atomic E-state index is -0.782. The molecular formula is C17H23ClN2O2. The van der Waals surface area contributed by atoms with E-state index >= 15 is 0 Å². The Morgan fingerprint density at radius 1 is 1.32 bits per heavy atom. The van der Waals surface area contributed by atoms with Crippen LogP contribution in [0.3, 0.4) is 0 Å². The molecule has 4 nitrogen and oxygen atoms in total. The molecule has 1 unspecified atom stereocenters. The topological polar surface area (TPSA) is 49.5 Å². The van der Waals surface area contributed by atoms with Gasteiger partial charge in [0.1, 0.15) is 0 Å². The minimum Gasteiger partial charge on any atom is -0.439 e. The van der Waals surface area contributed by atoms with Crippen LogP contribution in [0, 0.1) is 6.92 Å². The fraction of sp³-hybridized carbons (Fsp3) is 0.471. The Balaban J connectivity index is 2.18. The fourth-order valence-electron chi connectivity index (χ4n) is 2.28. The molecule has 120 valence electrons. The van der Waals surface area contributed by atoms with Crippen molar-refractivity contribution in [2.75, 3.05) is 7.05 Å². The summed E-state index contributed by atoms with van der Waals surface area (Å²) in [6.07, 6.45) is 0. The Kier molecular flexibility index (Phi) is 4.95. The van der Waals surface area contributed by atoms with Gasteiger partial charge in [-0.15, -0.1) is 0 Å². The van der Waals surface area contributed by atoms with Gasteiger partial charge in [0.15, 0.2) is 5.76 Å². The normalized spacial score (nSPS) is 13.6. The molecule has 1 aromatic carbocycles. The zero-order valence-corrected chi connectivity index (χ0v) is 14.5. The molecule has 1 aromatic heterocycles. The highest BCUT2D eigenvalue weighted by Gasteiger charge is 2.27. The van der Waals surface area contributed by atoms with E-state index in [1.54, 1.807) is 13.8 Å². The Hall–Kier alpha value is -1.36. The molecule has 2 aromatic rings. The highest BCUT2D eigenvalue weighted by atomic mass is 35.5. The number of benzene rings is 1. The Morgan fingerprint density at radius 3 is 2.45 bits per heavy atom. The molecule has 1 heterocycles. The van der Waals surface area contributed by atoms with Gasteiger partial charge < -0.3 is 9.52 Å². The average molecular weight is 323 g/mol. The summed E-state index contributed by atoms with van der Waals surface area (Å²) in [5, 5.41) is 10.8. The van der Waals surface area contributed by atoms with Crippen LogP contribution in [0.2, 0.25) is 5.02 Å². The molecular weight excluding hydrogens is 300 g/mol. The van der Waals surface area contributed by atoms with Gasteiger partial charge in [-0.1, -0.05) is 11.6 Å². The largest absolute Gasteiger partial charge is 0.439 e. The lowest BCUT2D eigenvalue weighted by atomic mass is 10.00. The second kappa shape index (κ2) is 6.41. The molecule has 0 radical (unpaired) electrons. The van der Waals surface area contributed by atoms with Gasteiger partial charge >= 0.3 is 0 Å². The van der Waals surface area contributed by atoms with Crippen LogP contribution >= 0.6 is 11.6 Å². The van der Waals surface area contributed by atoms with Crippen molar-refractivity contribution in [2.24, 2.45) is 0 Å². The third-order valence-corrected chi connectivity index (χ3v) is 4.27. The molecule has 0 saturated heterocycles. The maximum atomic E-state index is 10.1. The molecule has 1 atom stereocenters. The van der Waals surface area contributed by atoms with Crippen molar-refractivity contribution < 1.29 is 9.52 Å². The van der Waals surface area contributed by atoms with Crippen LogP contribution in [0.5, 0.6) is 0 Å². The second-order valence-electron chi connectivity index (χ2n) is 6.27. The SMILES string of the molecule is Cc1nc(CN(C)C(C)C(C)(C)O)oc1-c1ccc(Cl)cc1. The lowest BCUT2D eigenvalue weighted by Crippen LogP contribution is -2.45. The van der Waals surface area contributed by atoms with Crippen molar-refractivity contribution in [2.45, 2.75) is 45.9 Å². The molecule has 0 amide bonds. The van der Waals surface area contributed by atoms with Crippen LogP contribution in [0.25, 0.3) is 11.3 Å². The van der Waals surface area contributed by atoms with Gasteiger partial charge in [-0.3, -0.25) is 4.90 Å². The van der Waals surface area contributed by atoms with Crippen LogP contribution in [-0.4, -0.2) is 33.7 Å². The van der Waals surface area contributed by atoms with E-state index in [0.29, 0.717) is 17.5 Å². The smallest absolute Gasteiger partial charge is 0.209 e. The van der Waals surface area contributed by atoms with E-state index in [1.807, 2.05) is 50.1 Å². The molecule has 0 aliphatic carbocycles. The summed E-state index contributed by atoms with van der Waals surface area (Å²) in [6, 6.07) is 7.49. The van der Waals surface area contributed by atoms with E-state index in [2.05, 4.69) is 4.98 Å². The molecule has 1 N–H and O–H groups in total. The molecule has 0 aliphatic heterocycles. The van der Waals surface area contributed by atoms with E-state index in [0.717, 1.165) is 17.0 Å². The number of rotatable bonds is 5. The summed E-state index contributed by atoms with van der Waals surface area (Å²) >= 11 is 5.91. The third-order valence-electron chi connectivity index (χ3n) is 4.02. The molecule has 0 aliphatic rings. The first-order valence-electron chi connectivity index (χ1n) is 7.33. The van der Waals surface area contributed by atoms with Gasteiger partial charge in [0.05, 0.1) is 17.8 Å². The van der Waals surface area contributed by atoms with E-state index < -0.39 is 5.60 Å². The minimum absolute atomic E-state index is 0.0151. The Bertz CT molecular complexity index is 629. The maximum absolute atomic E-state index is 10.1. The van der Waals surface area contributed by atoms with Crippen LogP contribution in [-0.2, 0) is 6.54 Å². The number of hydrogen-bond acceptors (Lipinski definition) is 4. The second-order valence-corrected chi connectivity index (χ2v) is 6.71. The Labute approximate surface area is 136 Å². The van der Waals surface area contributed by atoms with Gasteiger partial charge in [-0.2, -0.15) is 0 Å². The van der Waals surface area contributed by atoms with Gasteiger partial charge in [-0.25, -0.2) is 4.98 Å². The average Bonchev–Trinajstić information content (AvgIpc) is 2.78. The third kappa shape index (κ3) is 3.88. The number of aryl methyl sites for hydroxylation is 1. The van der Waals surface area contributed by atoms with Crippen molar-refractivity contribution in [3.8, 4) is 11.3 Å². The number of nitrogens with zero attached hydrogens (tertiary/aromatic N) is 2. The molecule has 0 spiro atoms. The summed E-state index contributed by atoms with van der Waals surface area (Å²) < 4.78 is 5.90. The summed E-state index contributed by atoms with van der Waals surface area (Å²) in [5.74, 6) is 1.40. The number of halogens is 1. The first-order valence-corrected chi connectivity index (χ1v) is 7.71. The zero-order valence-electron chi connectivity index (χ0n) is 13.7. The maximum Gasteiger partial charge on any atom is 0.209 e. The van der Waals surface area contributed by atoms with Crippen LogP contribution in [0.1, 0.15) is 32.4 Å². The number of aromatic nitrogens is 1. The van der Waals surface area contributed by atoms with Gasteiger partial charge in [0.25, 0.3) is 0 Å². The van der Waals surface area contributed by atoms with Crippen molar-refractivity contribution in [1.82, 2.24) is 9.88 Å². The van der Waals surface area contributed by atoms with E-state index in [-0.39, 0.29) is 6.04 Å². The summed E-state index contributed by atoms with van der Waals surface area (Å²) in [6.45, 7) is 8.05. The van der Waals surface area contributed by atoms with Crippen LogP contribution in [0.15, 0.2) is 28.7 Å². The monoisotopic (exact) mass is 322 g/mol. The standard InChI is InChI=1S/C17H23ClN2O2/c1-11-16(13-6-8-14(18)9-7-13)22-15(19-11)10-20(5)12(2)17(3,4)21/h6-9,12,21H,10H2,1-5H3. The van der Waals surface area contributed by atoms with E-state index in [4.69, 9.17) is 16.0 Å². The molecule has 0 saturated carbocycles. The van der Waals surface area contributed by atoms with Crippen LogP contribution < -0.4 is 0 Å². The predicted octanol–water partition coefficient (Wildman–Crippen LogP) is 3.89. The fourth-order valence-corrected chi connectivity index (χ4v) is 2.40. The van der Waals surface area contributed by atoms with Crippen molar-refractivity contribution >= 4 is 11.6 Å². The first-order chi connectivity index (χ1) is 10.2. The van der Waals surface area contributed by atoms with E-state index in [9.17, 15) is 5.11 Å². The summed E-state index contributed by atoms with van der Waals surface area (Å²) in [7, 11) is 1.95. The summed E-state index contributed by atoms with van der Waals surface area (Å²) in [4.78, 5) is 6.52. The lowest BCUT2D eigenvalue weighted by molar-refractivity contribution is -0.00709. The predicted molar refractivity (Wildman–Crippen MR) is 88.9 cm³/mol. The lowest BCUT2D eigenvalue weighted by Gasteiger charge is -2.33. The van der Waals surface area contributed by atoms with Gasteiger partial charge in [-0.05, 0) is 59.0 Å². The number of hydrogen-bond donors (Lipinski definition) is 1. The molecule has 0 fully saturated rings. The zero-order chi connectivity index (χ0) is 16.5. The number of oxazole rings is 1. The van der Waals surface area contributed by atoms with Gasteiger partial charge in [0.2, 0.25) is 5.89 Å².